The number of nitrogens with zero attached hydrogens (tertiary/aromatic N) is 1. The largest absolute Gasteiger partial charge is 0.494 e. The third-order valence-corrected chi connectivity index (χ3v) is 9.32. The molecule has 1 aliphatic heterocycles. The lowest BCUT2D eigenvalue weighted by molar-refractivity contribution is -0.136. The summed E-state index contributed by atoms with van der Waals surface area (Å²) in [6.45, 7) is 5.47. The highest BCUT2D eigenvalue weighted by Crippen LogP contribution is 2.20. The van der Waals surface area contributed by atoms with Crippen molar-refractivity contribution in [1.29, 1.82) is 0 Å². The fourth-order valence-electron chi connectivity index (χ4n) is 6.33. The van der Waals surface area contributed by atoms with Gasteiger partial charge in [0.2, 0.25) is 23.6 Å². The molecule has 0 fully saturated rings. The SMILES string of the molecule is CC(C)C[C@@H]1NC(=O)CC[C@@H](C(=O)NCCCOc2ccccc2)NC(=O)c2ccccc2OCCCCCCN(C)C(=O)[C@H](Cc2ccccc2)NC1=O. The molecule has 12 heteroatoms. The highest BCUT2D eigenvalue weighted by molar-refractivity contribution is 6.00. The van der Waals surface area contributed by atoms with E-state index in [1.165, 1.54) is 0 Å². The smallest absolute Gasteiger partial charge is 0.255 e. The molecule has 4 rings (SSSR count). The summed E-state index contributed by atoms with van der Waals surface area (Å²) >= 11 is 0. The number of rotatable bonds is 10. The molecular weight excluding hydrogens is 699 g/mol. The Labute approximate surface area is 325 Å². The molecule has 0 unspecified atom stereocenters. The van der Waals surface area contributed by atoms with Crippen LogP contribution in [0.15, 0.2) is 84.9 Å². The van der Waals surface area contributed by atoms with Crippen molar-refractivity contribution < 1.29 is 33.4 Å². The molecule has 12 nitrogen and oxygen atoms in total. The molecule has 0 saturated heterocycles. The van der Waals surface area contributed by atoms with Crippen LogP contribution in [-0.2, 0) is 25.6 Å². The second-order valence-corrected chi connectivity index (χ2v) is 14.4. The Hall–Kier alpha value is -5.39. The van der Waals surface area contributed by atoms with Gasteiger partial charge in [0.1, 0.15) is 29.6 Å². The fraction of sp³-hybridized carbons (Fsp3) is 0.465. The molecule has 0 aliphatic carbocycles. The maximum atomic E-state index is 13.9. The Morgan fingerprint density at radius 2 is 1.55 bits per heavy atom. The van der Waals surface area contributed by atoms with Gasteiger partial charge in [-0.15, -0.1) is 0 Å². The number of fused-ring (bicyclic) bond motifs is 1. The van der Waals surface area contributed by atoms with E-state index in [2.05, 4.69) is 21.3 Å². The summed E-state index contributed by atoms with van der Waals surface area (Å²) < 4.78 is 11.8. The van der Waals surface area contributed by atoms with E-state index in [-0.39, 0.29) is 30.2 Å². The summed E-state index contributed by atoms with van der Waals surface area (Å²) in [5.41, 5.74) is 1.18. The van der Waals surface area contributed by atoms with E-state index in [4.69, 9.17) is 9.47 Å². The maximum Gasteiger partial charge on any atom is 0.255 e. The number of para-hydroxylation sites is 2. The lowest BCUT2D eigenvalue weighted by Gasteiger charge is -2.28. The van der Waals surface area contributed by atoms with Crippen LogP contribution in [0.25, 0.3) is 0 Å². The Balaban J connectivity index is 1.52. The zero-order valence-electron chi connectivity index (χ0n) is 32.4. The van der Waals surface area contributed by atoms with Gasteiger partial charge < -0.3 is 35.6 Å². The van der Waals surface area contributed by atoms with Gasteiger partial charge in [-0.05, 0) is 67.9 Å². The van der Waals surface area contributed by atoms with E-state index in [9.17, 15) is 24.0 Å². The number of benzene rings is 3. The van der Waals surface area contributed by atoms with Gasteiger partial charge in [-0.25, -0.2) is 0 Å². The topological polar surface area (TPSA) is 155 Å². The van der Waals surface area contributed by atoms with Crippen molar-refractivity contribution >= 4 is 29.5 Å². The molecule has 0 spiro atoms. The minimum Gasteiger partial charge on any atom is -0.494 e. The van der Waals surface area contributed by atoms with Crippen LogP contribution in [0.1, 0.15) is 81.1 Å². The van der Waals surface area contributed by atoms with Crippen LogP contribution in [0.3, 0.4) is 0 Å². The summed E-state index contributed by atoms with van der Waals surface area (Å²) in [7, 11) is 1.74. The second kappa shape index (κ2) is 22.7. The highest BCUT2D eigenvalue weighted by Gasteiger charge is 2.30. The molecule has 0 saturated carbocycles. The van der Waals surface area contributed by atoms with Gasteiger partial charge in [-0.3, -0.25) is 24.0 Å². The molecule has 296 valence electrons. The molecule has 55 heavy (non-hydrogen) atoms. The summed E-state index contributed by atoms with van der Waals surface area (Å²) in [6.07, 6.45) is 4.20. The number of likely N-dealkylation sites (N-methyl/N-ethyl adjacent to an activating group) is 1. The van der Waals surface area contributed by atoms with Gasteiger partial charge >= 0.3 is 0 Å². The first kappa shape index (κ1) is 42.4. The molecule has 3 atom stereocenters. The average Bonchev–Trinajstić information content (AvgIpc) is 3.18. The average molecular weight is 756 g/mol. The third kappa shape index (κ3) is 14.8. The first-order valence-electron chi connectivity index (χ1n) is 19.5. The normalized spacial score (nSPS) is 19.7. The van der Waals surface area contributed by atoms with Crippen molar-refractivity contribution in [3.05, 3.63) is 96.1 Å². The minimum absolute atomic E-state index is 0.0249. The predicted octanol–water partition coefficient (Wildman–Crippen LogP) is 4.82. The Morgan fingerprint density at radius 1 is 0.855 bits per heavy atom. The standard InChI is InChI=1S/C43H57N5O7/c1-31(2)29-36-42(52)47-37(30-32-17-8-6-9-18-32)43(53)48(3)26-14-4-5-15-27-55-38-22-13-12-21-34(38)40(50)46-35(23-24-39(49)45-36)41(51)44-25-16-28-54-33-19-10-7-11-20-33/h6-13,17-22,31,35-37H,4-5,14-16,23-30H2,1-3H3,(H,44,51)(H,45,49)(H,46,50)(H,47,52)/t35-,36-,37-/m0/s1. The molecule has 0 radical (unpaired) electrons. The lowest BCUT2D eigenvalue weighted by Crippen LogP contribution is -2.55. The molecule has 0 aromatic heterocycles. The zero-order valence-corrected chi connectivity index (χ0v) is 32.4. The maximum absolute atomic E-state index is 13.9. The van der Waals surface area contributed by atoms with E-state index in [0.29, 0.717) is 51.3 Å². The van der Waals surface area contributed by atoms with Crippen molar-refractivity contribution in [3.8, 4) is 11.5 Å². The van der Waals surface area contributed by atoms with Gasteiger partial charge in [0.15, 0.2) is 0 Å². The van der Waals surface area contributed by atoms with Crippen LogP contribution in [-0.4, -0.2) is 85.9 Å². The van der Waals surface area contributed by atoms with Crippen molar-refractivity contribution in [1.82, 2.24) is 26.2 Å². The molecule has 0 bridgehead atoms. The lowest BCUT2D eigenvalue weighted by atomic mass is 10.0. The van der Waals surface area contributed by atoms with Crippen LogP contribution >= 0.6 is 0 Å². The zero-order chi connectivity index (χ0) is 39.4. The van der Waals surface area contributed by atoms with Gasteiger partial charge in [-0.1, -0.05) is 87.4 Å². The molecule has 5 amide bonds. The van der Waals surface area contributed by atoms with E-state index < -0.39 is 41.8 Å². The molecule has 1 aliphatic rings. The van der Waals surface area contributed by atoms with Gasteiger partial charge in [-0.2, -0.15) is 0 Å². The van der Waals surface area contributed by atoms with E-state index in [0.717, 1.165) is 37.0 Å². The molecule has 3 aromatic carbocycles. The summed E-state index contributed by atoms with van der Waals surface area (Å²) in [5.74, 6) is -0.895. The number of amides is 5. The van der Waals surface area contributed by atoms with E-state index >= 15 is 0 Å². The van der Waals surface area contributed by atoms with Crippen molar-refractivity contribution in [2.75, 3.05) is 33.4 Å². The molecule has 3 aromatic rings. The van der Waals surface area contributed by atoms with Crippen LogP contribution in [0.2, 0.25) is 0 Å². The monoisotopic (exact) mass is 755 g/mol. The van der Waals surface area contributed by atoms with Crippen molar-refractivity contribution in [3.63, 3.8) is 0 Å². The molecular formula is C43H57N5O7. The number of carbonyl (C=O) groups excluding carboxylic acids is 5. The number of ether oxygens (including phenoxy) is 2. The quantitative estimate of drug-likeness (QED) is 0.217. The fourth-order valence-corrected chi connectivity index (χ4v) is 6.33. The van der Waals surface area contributed by atoms with Crippen LogP contribution < -0.4 is 30.7 Å². The molecule has 1 heterocycles. The predicted molar refractivity (Wildman–Crippen MR) is 212 cm³/mol. The minimum atomic E-state index is -1.06. The number of hydrogen-bond acceptors (Lipinski definition) is 7. The van der Waals surface area contributed by atoms with E-state index in [1.54, 1.807) is 36.2 Å². The Morgan fingerprint density at radius 3 is 2.29 bits per heavy atom. The van der Waals surface area contributed by atoms with Gasteiger partial charge in [0.25, 0.3) is 5.91 Å². The first-order chi connectivity index (χ1) is 26.6. The van der Waals surface area contributed by atoms with Crippen molar-refractivity contribution in [2.24, 2.45) is 5.92 Å². The summed E-state index contributed by atoms with van der Waals surface area (Å²) in [4.78, 5) is 69.9. The summed E-state index contributed by atoms with van der Waals surface area (Å²) in [5, 5.41) is 11.5. The number of nitrogens with one attached hydrogen (secondary N) is 4. The Kier molecular flexibility index (Phi) is 17.5. The van der Waals surface area contributed by atoms with Gasteiger partial charge in [0, 0.05) is 33.0 Å². The van der Waals surface area contributed by atoms with Crippen molar-refractivity contribution in [2.45, 2.75) is 89.8 Å². The van der Waals surface area contributed by atoms with E-state index in [1.807, 2.05) is 74.5 Å². The summed E-state index contributed by atoms with van der Waals surface area (Å²) in [6, 6.07) is 22.9. The first-order valence-corrected chi connectivity index (χ1v) is 19.5. The van der Waals surface area contributed by atoms with Crippen LogP contribution in [0.4, 0.5) is 0 Å². The Bertz CT molecular complexity index is 1670. The molecule has 4 N–H and O–H groups in total. The third-order valence-electron chi connectivity index (χ3n) is 9.32. The highest BCUT2D eigenvalue weighted by atomic mass is 16.5. The van der Waals surface area contributed by atoms with Gasteiger partial charge in [0.05, 0.1) is 18.8 Å². The number of carbonyl (C=O) groups is 5. The number of hydrogen-bond donors (Lipinski definition) is 4. The van der Waals surface area contributed by atoms with Crippen LogP contribution in [0.5, 0.6) is 11.5 Å². The second-order valence-electron chi connectivity index (χ2n) is 14.4. The van der Waals surface area contributed by atoms with Crippen LogP contribution in [0, 0.1) is 5.92 Å².